The van der Waals surface area contributed by atoms with E-state index in [0.29, 0.717) is 5.25 Å². The number of alkyl halides is 1. The first kappa shape index (κ1) is 15.0. The van der Waals surface area contributed by atoms with E-state index in [1.54, 1.807) is 0 Å². The Morgan fingerprint density at radius 3 is 2.76 bits per heavy atom. The molecule has 1 aliphatic rings. The van der Waals surface area contributed by atoms with Crippen molar-refractivity contribution in [2.24, 2.45) is 0 Å². The maximum Gasteiger partial charge on any atom is 0.136 e. The summed E-state index contributed by atoms with van der Waals surface area (Å²) in [4.78, 5) is 2.49. The van der Waals surface area contributed by atoms with Crippen LogP contribution in [0.2, 0.25) is 0 Å². The van der Waals surface area contributed by atoms with Gasteiger partial charge in [-0.3, -0.25) is 0 Å². The Morgan fingerprint density at radius 1 is 1.33 bits per heavy atom. The highest BCUT2D eigenvalue weighted by molar-refractivity contribution is 9.08. The molecule has 3 nitrogen and oxygen atoms in total. The summed E-state index contributed by atoms with van der Waals surface area (Å²) in [5.41, 5.74) is 3.54. The normalized spacial score (nSPS) is 19.0. The van der Waals surface area contributed by atoms with Crippen LogP contribution in [0.15, 0.2) is 30.3 Å². The molecule has 112 valence electrons. The summed E-state index contributed by atoms with van der Waals surface area (Å²) in [5, 5.41) is 6.30. The second-order valence-electron chi connectivity index (χ2n) is 5.40. The molecule has 0 N–H and O–H groups in total. The lowest BCUT2D eigenvalue weighted by Crippen LogP contribution is -2.38. The van der Waals surface area contributed by atoms with Gasteiger partial charge in [0.2, 0.25) is 0 Å². The van der Waals surface area contributed by atoms with Crippen LogP contribution in [-0.4, -0.2) is 33.9 Å². The lowest BCUT2D eigenvalue weighted by atomic mass is 10.2. The molecule has 21 heavy (non-hydrogen) atoms. The first-order chi connectivity index (χ1) is 10.2. The Labute approximate surface area is 138 Å². The van der Waals surface area contributed by atoms with E-state index in [4.69, 9.17) is 5.10 Å². The van der Waals surface area contributed by atoms with Crippen LogP contribution in [0, 0.1) is 6.92 Å². The van der Waals surface area contributed by atoms with E-state index in [1.165, 1.54) is 17.1 Å². The van der Waals surface area contributed by atoms with Gasteiger partial charge in [-0.1, -0.05) is 41.1 Å². The summed E-state index contributed by atoms with van der Waals surface area (Å²) in [6.45, 7) is 6.58. The van der Waals surface area contributed by atoms with Crippen molar-refractivity contribution in [2.75, 3.05) is 23.7 Å². The molecule has 0 radical (unpaired) electrons. The maximum atomic E-state index is 4.79. The molecule has 2 heterocycles. The molecule has 5 heteroatoms. The molecule has 0 spiro atoms. The summed E-state index contributed by atoms with van der Waals surface area (Å²) >= 11 is 5.70. The van der Waals surface area contributed by atoms with E-state index < -0.39 is 0 Å². The van der Waals surface area contributed by atoms with Gasteiger partial charge in [0.05, 0.1) is 11.4 Å². The zero-order valence-corrected chi connectivity index (χ0v) is 14.8. The Morgan fingerprint density at radius 2 is 2.10 bits per heavy atom. The SMILES string of the molecule is Cc1nn(-c2ccccc2)c(N2CCSC(C)C2)c1CBr. The van der Waals surface area contributed by atoms with Crippen molar-refractivity contribution in [1.29, 1.82) is 0 Å². The average Bonchev–Trinajstić information content (AvgIpc) is 2.85. The molecule has 1 fully saturated rings. The van der Waals surface area contributed by atoms with Gasteiger partial charge < -0.3 is 4.90 Å². The first-order valence-electron chi connectivity index (χ1n) is 7.27. The van der Waals surface area contributed by atoms with E-state index in [2.05, 4.69) is 75.4 Å². The highest BCUT2D eigenvalue weighted by atomic mass is 79.9. The quantitative estimate of drug-likeness (QED) is 0.766. The topological polar surface area (TPSA) is 21.1 Å². The number of benzene rings is 1. The lowest BCUT2D eigenvalue weighted by Gasteiger charge is -2.33. The molecule has 3 rings (SSSR count). The monoisotopic (exact) mass is 365 g/mol. The molecule has 0 amide bonds. The van der Waals surface area contributed by atoms with Crippen molar-refractivity contribution in [3.63, 3.8) is 0 Å². The summed E-state index contributed by atoms with van der Waals surface area (Å²) in [5.74, 6) is 2.43. The number of rotatable bonds is 3. The Balaban J connectivity index is 2.08. The third-order valence-corrected chi connectivity index (χ3v) is 5.53. The highest BCUT2D eigenvalue weighted by Gasteiger charge is 2.25. The number of halogens is 1. The molecule has 1 aliphatic heterocycles. The van der Waals surface area contributed by atoms with Gasteiger partial charge in [-0.15, -0.1) is 0 Å². The van der Waals surface area contributed by atoms with Crippen LogP contribution >= 0.6 is 27.7 Å². The predicted molar refractivity (Wildman–Crippen MR) is 95.1 cm³/mol. The molecule has 1 aromatic carbocycles. The number of para-hydroxylation sites is 1. The number of aromatic nitrogens is 2. The number of thioether (sulfide) groups is 1. The van der Waals surface area contributed by atoms with Crippen molar-refractivity contribution < 1.29 is 0 Å². The zero-order valence-electron chi connectivity index (χ0n) is 12.4. The third-order valence-electron chi connectivity index (χ3n) is 3.83. The van der Waals surface area contributed by atoms with Crippen molar-refractivity contribution in [1.82, 2.24) is 9.78 Å². The van der Waals surface area contributed by atoms with E-state index in [9.17, 15) is 0 Å². The molecular formula is C16H20BrN3S. The first-order valence-corrected chi connectivity index (χ1v) is 9.44. The van der Waals surface area contributed by atoms with Crippen LogP contribution in [0.25, 0.3) is 5.69 Å². The smallest absolute Gasteiger partial charge is 0.136 e. The minimum absolute atomic E-state index is 0.668. The van der Waals surface area contributed by atoms with Gasteiger partial charge in [-0.2, -0.15) is 16.9 Å². The number of hydrogen-bond donors (Lipinski definition) is 0. The summed E-state index contributed by atoms with van der Waals surface area (Å²) in [7, 11) is 0. The van der Waals surface area contributed by atoms with Gasteiger partial charge in [0, 0.05) is 35.0 Å². The van der Waals surface area contributed by atoms with Gasteiger partial charge in [-0.05, 0) is 19.1 Å². The van der Waals surface area contributed by atoms with Crippen molar-refractivity contribution >= 4 is 33.5 Å². The molecule has 1 atom stereocenters. The number of aryl methyl sites for hydroxylation is 1. The minimum atomic E-state index is 0.668. The third kappa shape index (κ3) is 2.99. The molecule has 0 saturated carbocycles. The van der Waals surface area contributed by atoms with Crippen molar-refractivity contribution in [3.8, 4) is 5.69 Å². The van der Waals surface area contributed by atoms with Crippen LogP contribution in [0.5, 0.6) is 0 Å². The molecule has 1 unspecified atom stereocenters. The van der Waals surface area contributed by atoms with Gasteiger partial charge in [-0.25, -0.2) is 4.68 Å². The fourth-order valence-electron chi connectivity index (χ4n) is 2.79. The van der Waals surface area contributed by atoms with Crippen LogP contribution < -0.4 is 4.90 Å². The van der Waals surface area contributed by atoms with Crippen LogP contribution in [0.4, 0.5) is 5.82 Å². The van der Waals surface area contributed by atoms with E-state index >= 15 is 0 Å². The van der Waals surface area contributed by atoms with Gasteiger partial charge in [0.1, 0.15) is 5.82 Å². The number of anilines is 1. The average molecular weight is 366 g/mol. The van der Waals surface area contributed by atoms with E-state index in [-0.39, 0.29) is 0 Å². The Bertz CT molecular complexity index is 611. The lowest BCUT2D eigenvalue weighted by molar-refractivity contribution is 0.735. The second-order valence-corrected chi connectivity index (χ2v) is 7.50. The highest BCUT2D eigenvalue weighted by Crippen LogP contribution is 2.32. The molecular weight excluding hydrogens is 346 g/mol. The largest absolute Gasteiger partial charge is 0.354 e. The summed E-state index contributed by atoms with van der Waals surface area (Å²) in [6, 6.07) is 10.4. The van der Waals surface area contributed by atoms with Gasteiger partial charge in [0.15, 0.2) is 0 Å². The zero-order chi connectivity index (χ0) is 14.8. The van der Waals surface area contributed by atoms with Gasteiger partial charge >= 0.3 is 0 Å². The van der Waals surface area contributed by atoms with E-state index in [0.717, 1.165) is 29.8 Å². The van der Waals surface area contributed by atoms with Crippen molar-refractivity contribution in [2.45, 2.75) is 24.4 Å². The van der Waals surface area contributed by atoms with Crippen LogP contribution in [0.3, 0.4) is 0 Å². The maximum absolute atomic E-state index is 4.79. The Kier molecular flexibility index (Phi) is 4.60. The fraction of sp³-hybridized carbons (Fsp3) is 0.438. The van der Waals surface area contributed by atoms with E-state index in [1.807, 2.05) is 6.07 Å². The summed E-state index contributed by atoms with van der Waals surface area (Å²) < 4.78 is 2.11. The molecule has 1 aromatic heterocycles. The predicted octanol–water partition coefficient (Wildman–Crippen LogP) is 4.02. The summed E-state index contributed by atoms with van der Waals surface area (Å²) in [6.07, 6.45) is 0. The minimum Gasteiger partial charge on any atom is -0.354 e. The molecule has 2 aromatic rings. The van der Waals surface area contributed by atoms with Crippen molar-refractivity contribution in [3.05, 3.63) is 41.6 Å². The molecule has 1 saturated heterocycles. The number of hydrogen-bond acceptors (Lipinski definition) is 3. The Hall–Kier alpha value is -0.940. The van der Waals surface area contributed by atoms with Crippen LogP contribution in [0.1, 0.15) is 18.2 Å². The standard InChI is InChI=1S/C16H20BrN3S/c1-12-11-19(8-9-21-12)16-15(10-17)13(2)18-20(16)14-6-4-3-5-7-14/h3-7,12H,8-11H2,1-2H3. The molecule has 0 bridgehead atoms. The fourth-order valence-corrected chi connectivity index (χ4v) is 4.46. The van der Waals surface area contributed by atoms with Gasteiger partial charge in [0.25, 0.3) is 0 Å². The number of nitrogens with zero attached hydrogens (tertiary/aromatic N) is 3. The van der Waals surface area contributed by atoms with Crippen LogP contribution in [-0.2, 0) is 5.33 Å². The molecule has 0 aliphatic carbocycles. The second kappa shape index (κ2) is 6.44.